The van der Waals surface area contributed by atoms with Crippen molar-refractivity contribution in [1.29, 1.82) is 0 Å². The Morgan fingerprint density at radius 3 is 2.50 bits per heavy atom. The number of aromatic nitrogens is 4. The third-order valence-corrected chi connectivity index (χ3v) is 4.54. The molecule has 0 fully saturated rings. The third kappa shape index (κ3) is 3.61. The van der Waals surface area contributed by atoms with Gasteiger partial charge in [-0.25, -0.2) is 9.78 Å². The molecule has 24 heavy (non-hydrogen) atoms. The van der Waals surface area contributed by atoms with E-state index in [0.717, 1.165) is 22.1 Å². The lowest BCUT2D eigenvalue weighted by molar-refractivity contribution is -0.137. The fourth-order valence-corrected chi connectivity index (χ4v) is 2.95. The zero-order valence-corrected chi connectivity index (χ0v) is 15.4. The number of carbonyl (C=O) groups is 1. The lowest BCUT2D eigenvalue weighted by atomic mass is 10.2. The van der Waals surface area contributed by atoms with E-state index in [1.54, 1.807) is 7.05 Å². The fourth-order valence-electron chi connectivity index (χ4n) is 2.70. The number of alkyl halides is 1. The molecule has 2 heterocycles. The topological polar surface area (TPSA) is 99.1 Å². The van der Waals surface area contributed by atoms with Crippen molar-refractivity contribution >= 4 is 33.1 Å². The van der Waals surface area contributed by atoms with Crippen LogP contribution in [0, 0.1) is 0 Å². The molecule has 2 aromatic heterocycles. The largest absolute Gasteiger partial charge is 0.481 e. The summed E-state index contributed by atoms with van der Waals surface area (Å²) in [5.74, 6) is -0.103. The third-order valence-electron chi connectivity index (χ3n) is 3.98. The standard InChI is InChI=1S/C15H21BrN4O4/c1-18-13-12(14(23)19(2)15(18)24)20(9-5-8-16)10(17-13)6-3-4-7-11(21)22/h3-9H2,1-2H3,(H,21,22). The SMILES string of the molecule is Cn1c(=O)c2c(nc(CCCCC(=O)O)n2CCCBr)n(C)c1=O. The van der Waals surface area contributed by atoms with E-state index in [0.29, 0.717) is 37.0 Å². The molecule has 2 aromatic rings. The van der Waals surface area contributed by atoms with Gasteiger partial charge in [0.25, 0.3) is 5.56 Å². The molecule has 132 valence electrons. The van der Waals surface area contributed by atoms with E-state index in [9.17, 15) is 14.4 Å². The second kappa shape index (κ2) is 7.78. The minimum Gasteiger partial charge on any atom is -0.481 e. The summed E-state index contributed by atoms with van der Waals surface area (Å²) in [6.07, 6.45) is 2.72. The van der Waals surface area contributed by atoms with Crippen LogP contribution in [0.4, 0.5) is 0 Å². The summed E-state index contributed by atoms with van der Waals surface area (Å²) < 4.78 is 4.32. The highest BCUT2D eigenvalue weighted by Gasteiger charge is 2.18. The smallest absolute Gasteiger partial charge is 0.332 e. The van der Waals surface area contributed by atoms with Crippen molar-refractivity contribution in [1.82, 2.24) is 18.7 Å². The lowest BCUT2D eigenvalue weighted by Gasteiger charge is -2.08. The van der Waals surface area contributed by atoms with Gasteiger partial charge in [-0.1, -0.05) is 15.9 Å². The second-order valence-corrected chi connectivity index (χ2v) is 6.49. The van der Waals surface area contributed by atoms with Gasteiger partial charge < -0.3 is 9.67 Å². The van der Waals surface area contributed by atoms with Crippen molar-refractivity contribution in [3.63, 3.8) is 0 Å². The Morgan fingerprint density at radius 1 is 1.17 bits per heavy atom. The fraction of sp³-hybridized carbons (Fsp3) is 0.600. The van der Waals surface area contributed by atoms with Crippen LogP contribution in [0.3, 0.4) is 0 Å². The number of nitrogens with zero attached hydrogens (tertiary/aromatic N) is 4. The molecule has 0 aliphatic carbocycles. The average Bonchev–Trinajstić information content (AvgIpc) is 2.91. The van der Waals surface area contributed by atoms with Crippen LogP contribution in [-0.4, -0.2) is 35.1 Å². The number of hydrogen-bond donors (Lipinski definition) is 1. The van der Waals surface area contributed by atoms with Crippen molar-refractivity contribution in [3.05, 3.63) is 26.7 Å². The molecule has 0 aromatic carbocycles. The highest BCUT2D eigenvalue weighted by Crippen LogP contribution is 2.15. The van der Waals surface area contributed by atoms with Crippen molar-refractivity contribution in [3.8, 4) is 0 Å². The second-order valence-electron chi connectivity index (χ2n) is 5.70. The van der Waals surface area contributed by atoms with Gasteiger partial charge in [-0.05, 0) is 19.3 Å². The Kier molecular flexibility index (Phi) is 5.98. The molecular weight excluding hydrogens is 380 g/mol. The molecule has 0 radical (unpaired) electrons. The number of unbranched alkanes of at least 4 members (excludes halogenated alkanes) is 1. The van der Waals surface area contributed by atoms with Gasteiger partial charge in [0.2, 0.25) is 0 Å². The summed E-state index contributed by atoms with van der Waals surface area (Å²) in [6, 6.07) is 0. The van der Waals surface area contributed by atoms with E-state index in [1.807, 2.05) is 4.57 Å². The summed E-state index contributed by atoms with van der Waals surface area (Å²) in [4.78, 5) is 39.7. The van der Waals surface area contributed by atoms with E-state index in [1.165, 1.54) is 11.6 Å². The number of rotatable bonds is 8. The molecule has 0 atom stereocenters. The summed E-state index contributed by atoms with van der Waals surface area (Å²) in [7, 11) is 3.05. The Bertz CT molecular complexity index is 865. The zero-order valence-electron chi connectivity index (χ0n) is 13.8. The molecule has 0 saturated carbocycles. The highest BCUT2D eigenvalue weighted by molar-refractivity contribution is 9.09. The predicted octanol–water partition coefficient (Wildman–Crippen LogP) is 1.02. The first-order chi connectivity index (χ1) is 11.4. The van der Waals surface area contributed by atoms with Crippen LogP contribution in [0.1, 0.15) is 31.5 Å². The minimum atomic E-state index is -0.820. The van der Waals surface area contributed by atoms with Gasteiger partial charge in [-0.15, -0.1) is 0 Å². The van der Waals surface area contributed by atoms with E-state index in [-0.39, 0.29) is 12.0 Å². The molecule has 0 spiro atoms. The number of carboxylic acid groups (broad SMARTS) is 1. The van der Waals surface area contributed by atoms with Gasteiger partial charge in [0.05, 0.1) is 0 Å². The van der Waals surface area contributed by atoms with Gasteiger partial charge in [0.1, 0.15) is 5.82 Å². The number of hydrogen-bond acceptors (Lipinski definition) is 4. The Morgan fingerprint density at radius 2 is 1.88 bits per heavy atom. The molecular formula is C15H21BrN4O4. The maximum absolute atomic E-state index is 12.5. The van der Waals surface area contributed by atoms with Crippen LogP contribution < -0.4 is 11.2 Å². The van der Waals surface area contributed by atoms with Gasteiger partial charge in [-0.3, -0.25) is 18.7 Å². The molecule has 0 unspecified atom stereocenters. The molecule has 0 bridgehead atoms. The van der Waals surface area contributed by atoms with Crippen LogP contribution in [0.2, 0.25) is 0 Å². The van der Waals surface area contributed by atoms with Crippen LogP contribution in [-0.2, 0) is 31.9 Å². The number of imidazole rings is 1. The van der Waals surface area contributed by atoms with E-state index < -0.39 is 11.7 Å². The first-order valence-electron chi connectivity index (χ1n) is 7.81. The molecule has 0 aliphatic rings. The summed E-state index contributed by atoms with van der Waals surface area (Å²) in [6.45, 7) is 0.615. The first kappa shape index (κ1) is 18.4. The maximum Gasteiger partial charge on any atom is 0.332 e. The van der Waals surface area contributed by atoms with Crippen molar-refractivity contribution < 1.29 is 9.90 Å². The normalized spacial score (nSPS) is 11.3. The zero-order chi connectivity index (χ0) is 17.9. The van der Waals surface area contributed by atoms with E-state index in [4.69, 9.17) is 5.11 Å². The van der Waals surface area contributed by atoms with E-state index >= 15 is 0 Å². The molecule has 1 N–H and O–H groups in total. The lowest BCUT2D eigenvalue weighted by Crippen LogP contribution is -2.37. The summed E-state index contributed by atoms with van der Waals surface area (Å²) >= 11 is 3.39. The van der Waals surface area contributed by atoms with Gasteiger partial charge >= 0.3 is 11.7 Å². The minimum absolute atomic E-state index is 0.113. The van der Waals surface area contributed by atoms with Crippen LogP contribution in [0.15, 0.2) is 9.59 Å². The molecule has 9 heteroatoms. The van der Waals surface area contributed by atoms with Gasteiger partial charge in [-0.2, -0.15) is 0 Å². The van der Waals surface area contributed by atoms with E-state index in [2.05, 4.69) is 20.9 Å². The Labute approximate surface area is 146 Å². The number of fused-ring (bicyclic) bond motifs is 1. The summed E-state index contributed by atoms with van der Waals surface area (Å²) in [5, 5.41) is 9.51. The first-order valence-corrected chi connectivity index (χ1v) is 8.93. The van der Waals surface area contributed by atoms with Crippen molar-refractivity contribution in [2.24, 2.45) is 14.1 Å². The molecule has 2 rings (SSSR count). The van der Waals surface area contributed by atoms with Gasteiger partial charge in [0, 0.05) is 38.8 Å². The van der Waals surface area contributed by atoms with Gasteiger partial charge in [0.15, 0.2) is 11.2 Å². The Hall–Kier alpha value is -1.90. The van der Waals surface area contributed by atoms with Crippen LogP contribution >= 0.6 is 15.9 Å². The molecule has 0 aliphatic heterocycles. The van der Waals surface area contributed by atoms with Crippen molar-refractivity contribution in [2.75, 3.05) is 5.33 Å². The van der Waals surface area contributed by atoms with Crippen molar-refractivity contribution in [2.45, 2.75) is 38.6 Å². The van der Waals surface area contributed by atoms with Crippen LogP contribution in [0.5, 0.6) is 0 Å². The average molecular weight is 401 g/mol. The predicted molar refractivity (Wildman–Crippen MR) is 93.8 cm³/mol. The Balaban J connectivity index is 2.48. The maximum atomic E-state index is 12.5. The highest BCUT2D eigenvalue weighted by atomic mass is 79.9. The number of halogens is 1. The molecule has 8 nitrogen and oxygen atoms in total. The number of aliphatic carboxylic acids is 1. The monoisotopic (exact) mass is 400 g/mol. The quantitative estimate of drug-likeness (QED) is 0.526. The van der Waals surface area contributed by atoms with Crippen LogP contribution in [0.25, 0.3) is 11.2 Å². The molecule has 0 amide bonds. The summed E-state index contributed by atoms with van der Waals surface area (Å²) in [5.41, 5.74) is 0.0433. The molecule has 0 saturated heterocycles. The number of aryl methyl sites for hydroxylation is 3. The number of carboxylic acids is 1.